The summed E-state index contributed by atoms with van der Waals surface area (Å²) < 4.78 is 3.79. The van der Waals surface area contributed by atoms with E-state index in [1.54, 1.807) is 12.4 Å². The Labute approximate surface area is 205 Å². The minimum atomic E-state index is 0. The lowest BCUT2D eigenvalue weighted by Crippen LogP contribution is -2.37. The van der Waals surface area contributed by atoms with Gasteiger partial charge in [-0.15, -0.1) is 24.0 Å². The second-order valence-electron chi connectivity index (χ2n) is 7.14. The Morgan fingerprint density at radius 2 is 1.72 bits per heavy atom. The van der Waals surface area contributed by atoms with Gasteiger partial charge < -0.3 is 10.6 Å². The zero-order valence-electron chi connectivity index (χ0n) is 18.1. The van der Waals surface area contributed by atoms with Gasteiger partial charge in [-0.2, -0.15) is 10.2 Å². The largest absolute Gasteiger partial charge is 0.357 e. The molecule has 0 amide bonds. The molecule has 0 aliphatic rings. The average molecular weight is 541 g/mol. The van der Waals surface area contributed by atoms with Crippen molar-refractivity contribution >= 4 is 29.9 Å². The number of aromatic nitrogens is 4. The van der Waals surface area contributed by atoms with E-state index in [0.717, 1.165) is 30.3 Å². The lowest BCUT2D eigenvalue weighted by molar-refractivity contribution is 0.677. The number of nitrogens with one attached hydrogen (secondary N) is 2. The summed E-state index contributed by atoms with van der Waals surface area (Å²) in [7, 11) is 0. The Balaban J connectivity index is 0.00000289. The third kappa shape index (κ3) is 6.43. The molecule has 0 atom stereocenters. The van der Waals surface area contributed by atoms with E-state index < -0.39 is 0 Å². The van der Waals surface area contributed by atoms with Crippen molar-refractivity contribution in [1.29, 1.82) is 0 Å². The first-order valence-corrected chi connectivity index (χ1v) is 10.5. The molecule has 2 N–H and O–H groups in total. The van der Waals surface area contributed by atoms with Crippen LogP contribution in [-0.2, 0) is 19.6 Å². The van der Waals surface area contributed by atoms with Crippen LogP contribution in [0.4, 0.5) is 0 Å². The van der Waals surface area contributed by atoms with Crippen molar-refractivity contribution in [3.05, 3.63) is 102 Å². The second kappa shape index (κ2) is 12.0. The van der Waals surface area contributed by atoms with Gasteiger partial charge in [0.05, 0.1) is 18.8 Å². The minimum absolute atomic E-state index is 0. The number of rotatable bonds is 8. The summed E-state index contributed by atoms with van der Waals surface area (Å²) in [4.78, 5) is 4.77. The maximum absolute atomic E-state index is 4.77. The van der Waals surface area contributed by atoms with E-state index in [1.807, 2.05) is 46.0 Å². The van der Waals surface area contributed by atoms with Gasteiger partial charge in [0.1, 0.15) is 0 Å². The maximum Gasteiger partial charge on any atom is 0.191 e. The monoisotopic (exact) mass is 541 g/mol. The van der Waals surface area contributed by atoms with Crippen LogP contribution >= 0.6 is 24.0 Å². The fourth-order valence-electron chi connectivity index (χ4n) is 3.36. The number of hydrogen-bond acceptors (Lipinski definition) is 3. The highest BCUT2D eigenvalue weighted by Gasteiger charge is 2.05. The Morgan fingerprint density at radius 1 is 0.906 bits per heavy atom. The molecule has 0 radical (unpaired) electrons. The van der Waals surface area contributed by atoms with E-state index in [0.29, 0.717) is 13.1 Å². The standard InChI is InChI=1S/C24H27N7.HI/c1-2-25-24(26-17-20-8-5-11-23(16-20)31-15-7-13-29-31)27-18-21-9-3-4-10-22(21)19-30-14-6-12-28-30;/h3-16H,2,17-19H2,1H3,(H2,25,26,27);1H. The topological polar surface area (TPSA) is 72.1 Å². The molecule has 4 aromatic rings. The van der Waals surface area contributed by atoms with Crippen LogP contribution in [0.5, 0.6) is 0 Å². The van der Waals surface area contributed by atoms with Gasteiger partial charge in [0.2, 0.25) is 0 Å². The van der Waals surface area contributed by atoms with Gasteiger partial charge in [-0.1, -0.05) is 36.4 Å². The van der Waals surface area contributed by atoms with E-state index >= 15 is 0 Å². The van der Waals surface area contributed by atoms with E-state index in [2.05, 4.69) is 64.2 Å². The van der Waals surface area contributed by atoms with Crippen molar-refractivity contribution in [3.63, 3.8) is 0 Å². The molecule has 0 saturated heterocycles. The zero-order chi connectivity index (χ0) is 21.3. The zero-order valence-corrected chi connectivity index (χ0v) is 20.4. The van der Waals surface area contributed by atoms with Crippen molar-refractivity contribution in [3.8, 4) is 5.69 Å². The molecule has 0 aliphatic carbocycles. The second-order valence-corrected chi connectivity index (χ2v) is 7.14. The smallest absolute Gasteiger partial charge is 0.191 e. The molecule has 8 heteroatoms. The molecule has 0 bridgehead atoms. The van der Waals surface area contributed by atoms with Crippen molar-refractivity contribution in [2.45, 2.75) is 26.6 Å². The third-order valence-electron chi connectivity index (χ3n) is 4.90. The molecular weight excluding hydrogens is 513 g/mol. The first kappa shape index (κ1) is 23.5. The molecule has 0 saturated carbocycles. The quantitative estimate of drug-likeness (QED) is 0.201. The summed E-state index contributed by atoms with van der Waals surface area (Å²) in [6.07, 6.45) is 7.50. The van der Waals surface area contributed by atoms with Crippen LogP contribution < -0.4 is 10.6 Å². The minimum Gasteiger partial charge on any atom is -0.357 e. The molecule has 4 rings (SSSR count). The molecular formula is C24H28IN7. The van der Waals surface area contributed by atoms with Crippen LogP contribution in [-0.4, -0.2) is 32.1 Å². The molecule has 0 unspecified atom stereocenters. The Hall–Kier alpha value is -3.14. The highest BCUT2D eigenvalue weighted by molar-refractivity contribution is 14.0. The molecule has 2 aromatic carbocycles. The molecule has 2 aromatic heterocycles. The van der Waals surface area contributed by atoms with Crippen LogP contribution in [0.2, 0.25) is 0 Å². The van der Waals surface area contributed by atoms with Gasteiger partial charge in [-0.3, -0.25) is 4.68 Å². The highest BCUT2D eigenvalue weighted by atomic mass is 127. The predicted octanol–water partition coefficient (Wildman–Crippen LogP) is 3.99. The number of aliphatic imine (C=N–C) groups is 1. The summed E-state index contributed by atoms with van der Waals surface area (Å²) in [6.45, 7) is 4.89. The van der Waals surface area contributed by atoms with E-state index in [9.17, 15) is 0 Å². The molecule has 2 heterocycles. The Morgan fingerprint density at radius 3 is 2.47 bits per heavy atom. The fraction of sp³-hybridized carbons (Fsp3) is 0.208. The number of guanidine groups is 1. The van der Waals surface area contributed by atoms with Gasteiger partial charge >= 0.3 is 0 Å². The number of hydrogen-bond donors (Lipinski definition) is 2. The van der Waals surface area contributed by atoms with Crippen LogP contribution in [0.3, 0.4) is 0 Å². The first-order chi connectivity index (χ1) is 15.3. The number of nitrogens with zero attached hydrogens (tertiary/aromatic N) is 5. The molecule has 32 heavy (non-hydrogen) atoms. The first-order valence-electron chi connectivity index (χ1n) is 10.5. The molecule has 0 spiro atoms. The van der Waals surface area contributed by atoms with Crippen LogP contribution in [0.25, 0.3) is 5.69 Å². The molecule has 0 fully saturated rings. The van der Waals surface area contributed by atoms with E-state index in [-0.39, 0.29) is 24.0 Å². The normalized spacial score (nSPS) is 11.1. The van der Waals surface area contributed by atoms with Crippen molar-refractivity contribution in [2.24, 2.45) is 4.99 Å². The maximum atomic E-state index is 4.77. The van der Waals surface area contributed by atoms with Gasteiger partial charge in [0, 0.05) is 37.9 Å². The van der Waals surface area contributed by atoms with E-state index in [1.165, 1.54) is 11.1 Å². The molecule has 0 aliphatic heterocycles. The summed E-state index contributed by atoms with van der Waals surface area (Å²) in [6, 6.07) is 20.5. The SMILES string of the molecule is CCNC(=NCc1cccc(-n2cccn2)c1)NCc1ccccc1Cn1cccn1.I. The highest BCUT2D eigenvalue weighted by Crippen LogP contribution is 2.12. The summed E-state index contributed by atoms with van der Waals surface area (Å²) in [5, 5.41) is 15.4. The van der Waals surface area contributed by atoms with E-state index in [4.69, 9.17) is 4.99 Å². The Bertz CT molecular complexity index is 1110. The average Bonchev–Trinajstić information content (AvgIpc) is 3.51. The number of halogens is 1. The van der Waals surface area contributed by atoms with Crippen molar-refractivity contribution in [2.75, 3.05) is 6.54 Å². The molecule has 166 valence electrons. The summed E-state index contributed by atoms with van der Waals surface area (Å²) in [5.74, 6) is 0.792. The third-order valence-corrected chi connectivity index (χ3v) is 4.90. The van der Waals surface area contributed by atoms with Crippen molar-refractivity contribution in [1.82, 2.24) is 30.2 Å². The van der Waals surface area contributed by atoms with Crippen molar-refractivity contribution < 1.29 is 0 Å². The number of benzene rings is 2. The lowest BCUT2D eigenvalue weighted by atomic mass is 10.1. The Kier molecular flexibility index (Phi) is 8.85. The molecule has 7 nitrogen and oxygen atoms in total. The summed E-state index contributed by atoms with van der Waals surface area (Å²) in [5.41, 5.74) is 4.62. The van der Waals surface area contributed by atoms with Gasteiger partial charge in [-0.05, 0) is 47.9 Å². The predicted molar refractivity (Wildman–Crippen MR) is 138 cm³/mol. The van der Waals surface area contributed by atoms with Crippen LogP contribution in [0.15, 0.2) is 90.4 Å². The van der Waals surface area contributed by atoms with Crippen LogP contribution in [0, 0.1) is 0 Å². The summed E-state index contributed by atoms with van der Waals surface area (Å²) >= 11 is 0. The fourth-order valence-corrected chi connectivity index (χ4v) is 3.36. The lowest BCUT2D eigenvalue weighted by Gasteiger charge is -2.14. The van der Waals surface area contributed by atoms with Gasteiger partial charge in [0.15, 0.2) is 5.96 Å². The van der Waals surface area contributed by atoms with Crippen LogP contribution in [0.1, 0.15) is 23.6 Å². The van der Waals surface area contributed by atoms with Gasteiger partial charge in [-0.25, -0.2) is 9.67 Å². The van der Waals surface area contributed by atoms with Gasteiger partial charge in [0.25, 0.3) is 0 Å².